The van der Waals surface area contributed by atoms with Crippen molar-refractivity contribution in [1.29, 1.82) is 0 Å². The zero-order valence-corrected chi connectivity index (χ0v) is 13.9. The molecule has 0 spiro atoms. The van der Waals surface area contributed by atoms with E-state index in [0.717, 1.165) is 17.0 Å². The lowest BCUT2D eigenvalue weighted by molar-refractivity contribution is 0.580. The van der Waals surface area contributed by atoms with Crippen LogP contribution in [0.15, 0.2) is 30.3 Å². The average molecular weight is 327 g/mol. The molecule has 4 nitrogen and oxygen atoms in total. The quantitative estimate of drug-likeness (QED) is 0.918. The maximum absolute atomic E-state index is 12.1. The summed E-state index contributed by atoms with van der Waals surface area (Å²) in [6.07, 6.45) is 0. The van der Waals surface area contributed by atoms with Crippen LogP contribution < -0.4 is 4.72 Å². The summed E-state index contributed by atoms with van der Waals surface area (Å²) in [5, 5.41) is 0.597. The van der Waals surface area contributed by atoms with E-state index in [4.69, 9.17) is 11.6 Å². The Bertz CT molecular complexity index is 734. The SMILES string of the molecule is Cc1cc(CNS(=O)(=O)Cc2ccc(Cl)cc2)c(C)n1C. The van der Waals surface area contributed by atoms with Crippen LogP contribution in [-0.2, 0) is 29.4 Å². The van der Waals surface area contributed by atoms with E-state index < -0.39 is 10.0 Å². The minimum Gasteiger partial charge on any atom is -0.352 e. The van der Waals surface area contributed by atoms with Crippen molar-refractivity contribution in [2.24, 2.45) is 7.05 Å². The van der Waals surface area contributed by atoms with Crippen LogP contribution in [0.4, 0.5) is 0 Å². The molecule has 2 aromatic rings. The van der Waals surface area contributed by atoms with E-state index in [1.165, 1.54) is 0 Å². The molecule has 6 heteroatoms. The van der Waals surface area contributed by atoms with Crippen LogP contribution in [-0.4, -0.2) is 13.0 Å². The molecule has 0 saturated heterocycles. The predicted octanol–water partition coefficient (Wildman–Crippen LogP) is 2.91. The van der Waals surface area contributed by atoms with Gasteiger partial charge >= 0.3 is 0 Å². The molecule has 0 fully saturated rings. The summed E-state index contributed by atoms with van der Waals surface area (Å²) < 4.78 is 28.9. The summed E-state index contributed by atoms with van der Waals surface area (Å²) in [5.74, 6) is -0.0466. The van der Waals surface area contributed by atoms with Gasteiger partial charge in [0, 0.05) is 30.0 Å². The van der Waals surface area contributed by atoms with Crippen LogP contribution in [0, 0.1) is 13.8 Å². The number of rotatable bonds is 5. The van der Waals surface area contributed by atoms with Crippen molar-refractivity contribution >= 4 is 21.6 Å². The highest BCUT2D eigenvalue weighted by Crippen LogP contribution is 2.15. The molecule has 0 atom stereocenters. The van der Waals surface area contributed by atoms with Crippen LogP contribution >= 0.6 is 11.6 Å². The van der Waals surface area contributed by atoms with E-state index in [-0.39, 0.29) is 5.75 Å². The largest absolute Gasteiger partial charge is 0.352 e. The van der Waals surface area contributed by atoms with Gasteiger partial charge in [0.1, 0.15) is 0 Å². The van der Waals surface area contributed by atoms with Gasteiger partial charge in [0.15, 0.2) is 0 Å². The van der Waals surface area contributed by atoms with E-state index >= 15 is 0 Å². The Labute approximate surface area is 130 Å². The number of sulfonamides is 1. The maximum Gasteiger partial charge on any atom is 0.216 e. The van der Waals surface area contributed by atoms with E-state index in [1.807, 2.05) is 31.5 Å². The van der Waals surface area contributed by atoms with Crippen molar-refractivity contribution in [3.05, 3.63) is 57.9 Å². The molecule has 1 N–H and O–H groups in total. The third kappa shape index (κ3) is 4.09. The standard InChI is InChI=1S/C15H19ClN2O2S/c1-11-8-14(12(2)18(11)3)9-17-21(19,20)10-13-4-6-15(16)7-5-13/h4-8,17H,9-10H2,1-3H3. The van der Waals surface area contributed by atoms with Gasteiger partial charge in [-0.15, -0.1) is 0 Å². The van der Waals surface area contributed by atoms with Crippen molar-refractivity contribution in [1.82, 2.24) is 9.29 Å². The number of hydrogen-bond acceptors (Lipinski definition) is 2. The van der Waals surface area contributed by atoms with Gasteiger partial charge in [-0.05, 0) is 43.2 Å². The molecule has 1 aromatic heterocycles. The van der Waals surface area contributed by atoms with Gasteiger partial charge in [0.25, 0.3) is 0 Å². The fourth-order valence-corrected chi connectivity index (χ4v) is 3.39. The Morgan fingerprint density at radius 1 is 1.19 bits per heavy atom. The molecule has 2 rings (SSSR count). The van der Waals surface area contributed by atoms with Crippen molar-refractivity contribution in [3.8, 4) is 0 Å². The van der Waals surface area contributed by atoms with Gasteiger partial charge in [-0.3, -0.25) is 0 Å². The molecule has 0 saturated carbocycles. The topological polar surface area (TPSA) is 51.1 Å². The van der Waals surface area contributed by atoms with E-state index in [0.29, 0.717) is 17.1 Å². The number of nitrogens with zero attached hydrogens (tertiary/aromatic N) is 1. The normalized spacial score (nSPS) is 11.8. The van der Waals surface area contributed by atoms with Crippen molar-refractivity contribution < 1.29 is 8.42 Å². The second-order valence-electron chi connectivity index (χ2n) is 5.16. The molecular weight excluding hydrogens is 308 g/mol. The fourth-order valence-electron chi connectivity index (χ4n) is 2.15. The molecular formula is C15H19ClN2O2S. The Morgan fingerprint density at radius 2 is 1.81 bits per heavy atom. The van der Waals surface area contributed by atoms with E-state index in [9.17, 15) is 8.42 Å². The number of aromatic nitrogens is 1. The maximum atomic E-state index is 12.1. The number of hydrogen-bond donors (Lipinski definition) is 1. The van der Waals surface area contributed by atoms with Gasteiger partial charge in [-0.1, -0.05) is 23.7 Å². The molecule has 0 amide bonds. The molecule has 0 aliphatic heterocycles. The van der Waals surface area contributed by atoms with Crippen LogP contribution in [0.1, 0.15) is 22.5 Å². The second-order valence-corrected chi connectivity index (χ2v) is 7.41. The van der Waals surface area contributed by atoms with Crippen molar-refractivity contribution in [2.45, 2.75) is 26.1 Å². The molecule has 1 heterocycles. The number of nitrogens with one attached hydrogen (secondary N) is 1. The van der Waals surface area contributed by atoms with Crippen LogP contribution in [0.2, 0.25) is 5.02 Å². The van der Waals surface area contributed by atoms with Gasteiger partial charge in [0.2, 0.25) is 10.0 Å². The molecule has 0 aliphatic carbocycles. The molecule has 0 unspecified atom stereocenters. The smallest absolute Gasteiger partial charge is 0.216 e. The molecule has 1 aromatic carbocycles. The average Bonchev–Trinajstić information content (AvgIpc) is 2.66. The lowest BCUT2D eigenvalue weighted by atomic mass is 10.2. The van der Waals surface area contributed by atoms with Gasteiger partial charge in [-0.25, -0.2) is 13.1 Å². The van der Waals surface area contributed by atoms with E-state index in [1.54, 1.807) is 24.3 Å². The molecule has 0 aliphatic rings. The van der Waals surface area contributed by atoms with Crippen molar-refractivity contribution in [3.63, 3.8) is 0 Å². The van der Waals surface area contributed by atoms with Crippen LogP contribution in [0.5, 0.6) is 0 Å². The summed E-state index contributed by atoms with van der Waals surface area (Å²) in [6, 6.07) is 8.83. The van der Waals surface area contributed by atoms with E-state index in [2.05, 4.69) is 4.72 Å². The molecule has 0 radical (unpaired) electrons. The first-order valence-electron chi connectivity index (χ1n) is 6.62. The number of benzene rings is 1. The lowest BCUT2D eigenvalue weighted by Crippen LogP contribution is -2.24. The third-order valence-electron chi connectivity index (χ3n) is 3.63. The van der Waals surface area contributed by atoms with Crippen LogP contribution in [0.25, 0.3) is 0 Å². The highest BCUT2D eigenvalue weighted by atomic mass is 35.5. The molecule has 21 heavy (non-hydrogen) atoms. The lowest BCUT2D eigenvalue weighted by Gasteiger charge is -2.07. The summed E-state index contributed by atoms with van der Waals surface area (Å²) in [5.41, 5.74) is 3.89. The van der Waals surface area contributed by atoms with Crippen molar-refractivity contribution in [2.75, 3.05) is 0 Å². The van der Waals surface area contributed by atoms with Crippen LogP contribution in [0.3, 0.4) is 0 Å². The zero-order valence-electron chi connectivity index (χ0n) is 12.4. The Morgan fingerprint density at radius 3 is 2.33 bits per heavy atom. The predicted molar refractivity (Wildman–Crippen MR) is 85.8 cm³/mol. The summed E-state index contributed by atoms with van der Waals surface area (Å²) in [6.45, 7) is 4.29. The summed E-state index contributed by atoms with van der Waals surface area (Å²) >= 11 is 5.79. The first-order valence-corrected chi connectivity index (χ1v) is 8.65. The fraction of sp³-hybridized carbons (Fsp3) is 0.333. The van der Waals surface area contributed by atoms with Gasteiger partial charge in [-0.2, -0.15) is 0 Å². The van der Waals surface area contributed by atoms with Gasteiger partial charge < -0.3 is 4.57 Å². The number of aryl methyl sites for hydroxylation is 1. The first-order chi connectivity index (χ1) is 9.78. The minimum atomic E-state index is -3.37. The molecule has 114 valence electrons. The summed E-state index contributed by atoms with van der Waals surface area (Å²) in [7, 11) is -1.40. The summed E-state index contributed by atoms with van der Waals surface area (Å²) in [4.78, 5) is 0. The number of halogens is 1. The molecule has 0 bridgehead atoms. The highest BCUT2D eigenvalue weighted by molar-refractivity contribution is 7.88. The zero-order chi connectivity index (χ0) is 15.6. The Hall–Kier alpha value is -1.30. The highest BCUT2D eigenvalue weighted by Gasteiger charge is 2.13. The second kappa shape index (κ2) is 6.22. The van der Waals surface area contributed by atoms with Gasteiger partial charge in [0.05, 0.1) is 5.75 Å². The monoisotopic (exact) mass is 326 g/mol. The third-order valence-corrected chi connectivity index (χ3v) is 5.18. The Kier molecular flexibility index (Phi) is 4.76. The Balaban J connectivity index is 2.04. The minimum absolute atomic E-state index is 0.0466. The first kappa shape index (κ1) is 16.1.